The molecule has 3 nitrogen and oxygen atoms in total. The Morgan fingerprint density at radius 2 is 1.74 bits per heavy atom. The van der Waals surface area contributed by atoms with Crippen LogP contribution in [0.1, 0.15) is 32.0 Å². The van der Waals surface area contributed by atoms with Gasteiger partial charge in [0.2, 0.25) is 0 Å². The molecule has 0 saturated heterocycles. The first-order chi connectivity index (χ1) is 8.84. The summed E-state index contributed by atoms with van der Waals surface area (Å²) in [5.74, 6) is 0. The summed E-state index contributed by atoms with van der Waals surface area (Å²) in [6.45, 7) is 5.99. The predicted molar refractivity (Wildman–Crippen MR) is 78.2 cm³/mol. The maximum absolute atomic E-state index is 9.51. The van der Waals surface area contributed by atoms with E-state index in [0.717, 1.165) is 11.4 Å². The lowest BCUT2D eigenvalue weighted by atomic mass is 9.90. The first-order valence-electron chi connectivity index (χ1n) is 5.99. The van der Waals surface area contributed by atoms with Crippen molar-refractivity contribution in [2.24, 2.45) is 0 Å². The highest BCUT2D eigenvalue weighted by molar-refractivity contribution is 6.31. The van der Waals surface area contributed by atoms with Crippen molar-refractivity contribution in [1.29, 1.82) is 0 Å². The SMILES string of the molecule is CC(C)(C)c1nn(-c2ccc(Cl)cc2)c(Cl)c1CO. The van der Waals surface area contributed by atoms with E-state index < -0.39 is 0 Å². The maximum Gasteiger partial charge on any atom is 0.138 e. The number of halogens is 2. The van der Waals surface area contributed by atoms with E-state index in [9.17, 15) is 5.11 Å². The summed E-state index contributed by atoms with van der Waals surface area (Å²) < 4.78 is 1.63. The molecule has 0 fully saturated rings. The summed E-state index contributed by atoms with van der Waals surface area (Å²) in [7, 11) is 0. The number of hydrogen-bond acceptors (Lipinski definition) is 2. The van der Waals surface area contributed by atoms with Crippen LogP contribution in [0.15, 0.2) is 24.3 Å². The van der Waals surface area contributed by atoms with Crippen LogP contribution in [0, 0.1) is 0 Å². The van der Waals surface area contributed by atoms with Crippen molar-refractivity contribution in [3.63, 3.8) is 0 Å². The molecule has 0 spiro atoms. The van der Waals surface area contributed by atoms with Gasteiger partial charge in [-0.3, -0.25) is 0 Å². The minimum atomic E-state index is -0.181. The zero-order valence-electron chi connectivity index (χ0n) is 11.1. The zero-order valence-corrected chi connectivity index (χ0v) is 12.6. The second-order valence-electron chi connectivity index (χ2n) is 5.41. The van der Waals surface area contributed by atoms with E-state index in [2.05, 4.69) is 5.10 Å². The van der Waals surface area contributed by atoms with Crippen LogP contribution in [0.3, 0.4) is 0 Å². The van der Waals surface area contributed by atoms with E-state index in [4.69, 9.17) is 23.2 Å². The van der Waals surface area contributed by atoms with E-state index >= 15 is 0 Å². The highest BCUT2D eigenvalue weighted by Gasteiger charge is 2.26. The standard InChI is InChI=1S/C14H16Cl2N2O/c1-14(2,3)12-11(8-19)13(16)18(17-12)10-6-4-9(15)5-7-10/h4-7,19H,8H2,1-3H3. The molecule has 0 radical (unpaired) electrons. The number of aromatic nitrogens is 2. The van der Waals surface area contributed by atoms with E-state index in [-0.39, 0.29) is 12.0 Å². The fraction of sp³-hybridized carbons (Fsp3) is 0.357. The minimum Gasteiger partial charge on any atom is -0.391 e. The molecule has 5 heteroatoms. The third kappa shape index (κ3) is 2.78. The number of aliphatic hydroxyl groups excluding tert-OH is 1. The Bertz CT molecular complexity index is 583. The molecular weight excluding hydrogens is 283 g/mol. The third-order valence-electron chi connectivity index (χ3n) is 2.86. The Hall–Kier alpha value is -1.03. The largest absolute Gasteiger partial charge is 0.391 e. The van der Waals surface area contributed by atoms with Gasteiger partial charge in [0.05, 0.1) is 18.0 Å². The van der Waals surface area contributed by atoms with Crippen molar-refractivity contribution in [1.82, 2.24) is 9.78 Å². The van der Waals surface area contributed by atoms with Gasteiger partial charge in [-0.15, -0.1) is 0 Å². The number of nitrogens with zero attached hydrogens (tertiary/aromatic N) is 2. The Kier molecular flexibility index (Phi) is 3.90. The smallest absolute Gasteiger partial charge is 0.138 e. The lowest BCUT2D eigenvalue weighted by Gasteiger charge is -2.16. The average molecular weight is 299 g/mol. The summed E-state index contributed by atoms with van der Waals surface area (Å²) in [5.41, 5.74) is 2.11. The molecule has 2 rings (SSSR count). The van der Waals surface area contributed by atoms with Gasteiger partial charge >= 0.3 is 0 Å². The van der Waals surface area contributed by atoms with Gasteiger partial charge in [-0.2, -0.15) is 5.10 Å². The number of aliphatic hydroxyl groups is 1. The molecule has 0 atom stereocenters. The van der Waals surface area contributed by atoms with Gasteiger partial charge < -0.3 is 5.11 Å². The number of hydrogen-bond donors (Lipinski definition) is 1. The van der Waals surface area contributed by atoms with Gasteiger partial charge in [0.15, 0.2) is 0 Å². The molecule has 0 amide bonds. The van der Waals surface area contributed by atoms with Crippen LogP contribution >= 0.6 is 23.2 Å². The fourth-order valence-electron chi connectivity index (χ4n) is 1.93. The lowest BCUT2D eigenvalue weighted by Crippen LogP contribution is -2.14. The monoisotopic (exact) mass is 298 g/mol. The molecule has 1 aromatic carbocycles. The molecule has 0 saturated carbocycles. The summed E-state index contributed by atoms with van der Waals surface area (Å²) in [4.78, 5) is 0. The molecule has 0 aliphatic heterocycles. The Morgan fingerprint density at radius 3 is 2.16 bits per heavy atom. The van der Waals surface area contributed by atoms with Crippen LogP contribution in [0.2, 0.25) is 10.2 Å². The summed E-state index contributed by atoms with van der Waals surface area (Å²) in [6, 6.07) is 7.25. The molecule has 1 N–H and O–H groups in total. The van der Waals surface area contributed by atoms with Crippen LogP contribution in [-0.2, 0) is 12.0 Å². The van der Waals surface area contributed by atoms with Gasteiger partial charge in [0.1, 0.15) is 5.15 Å². The van der Waals surface area contributed by atoms with Crippen LogP contribution in [0.25, 0.3) is 5.69 Å². The third-order valence-corrected chi connectivity index (χ3v) is 3.50. The molecule has 102 valence electrons. The topological polar surface area (TPSA) is 38.0 Å². The molecule has 19 heavy (non-hydrogen) atoms. The van der Waals surface area contributed by atoms with Gasteiger partial charge in [0.25, 0.3) is 0 Å². The minimum absolute atomic E-state index is 0.126. The van der Waals surface area contributed by atoms with E-state index in [1.165, 1.54) is 0 Å². The highest BCUT2D eigenvalue weighted by atomic mass is 35.5. The molecule has 2 aromatic rings. The summed E-state index contributed by atoms with van der Waals surface area (Å²) >= 11 is 12.2. The van der Waals surface area contributed by atoms with Crippen LogP contribution < -0.4 is 0 Å². The van der Waals surface area contributed by atoms with Gasteiger partial charge in [-0.05, 0) is 24.3 Å². The van der Waals surface area contributed by atoms with Crippen LogP contribution in [-0.4, -0.2) is 14.9 Å². The van der Waals surface area contributed by atoms with Gasteiger partial charge in [-0.1, -0.05) is 44.0 Å². The Morgan fingerprint density at radius 1 is 1.16 bits per heavy atom. The Balaban J connectivity index is 2.59. The number of rotatable bonds is 2. The van der Waals surface area contributed by atoms with Crippen molar-refractivity contribution in [3.05, 3.63) is 45.7 Å². The average Bonchev–Trinajstić information content (AvgIpc) is 2.67. The van der Waals surface area contributed by atoms with Crippen LogP contribution in [0.5, 0.6) is 0 Å². The predicted octanol–water partition coefficient (Wildman–Crippen LogP) is 3.97. The summed E-state index contributed by atoms with van der Waals surface area (Å²) in [5, 5.41) is 15.1. The zero-order chi connectivity index (χ0) is 14.2. The van der Waals surface area contributed by atoms with Gasteiger partial charge in [0, 0.05) is 16.0 Å². The molecule has 1 heterocycles. The van der Waals surface area contributed by atoms with Crippen molar-refractivity contribution in [2.75, 3.05) is 0 Å². The second kappa shape index (κ2) is 5.16. The molecular formula is C14H16Cl2N2O. The fourth-order valence-corrected chi connectivity index (χ4v) is 2.34. The highest BCUT2D eigenvalue weighted by Crippen LogP contribution is 2.31. The van der Waals surface area contributed by atoms with Crippen molar-refractivity contribution in [2.45, 2.75) is 32.8 Å². The normalized spacial score (nSPS) is 11.9. The van der Waals surface area contributed by atoms with Crippen molar-refractivity contribution < 1.29 is 5.11 Å². The first-order valence-corrected chi connectivity index (χ1v) is 6.75. The van der Waals surface area contributed by atoms with Crippen LogP contribution in [0.4, 0.5) is 0 Å². The van der Waals surface area contributed by atoms with Gasteiger partial charge in [-0.25, -0.2) is 4.68 Å². The molecule has 0 unspecified atom stereocenters. The van der Waals surface area contributed by atoms with E-state index in [1.807, 2.05) is 32.9 Å². The molecule has 1 aromatic heterocycles. The molecule has 0 aliphatic rings. The number of benzene rings is 1. The van der Waals surface area contributed by atoms with Crippen molar-refractivity contribution in [3.8, 4) is 5.69 Å². The second-order valence-corrected chi connectivity index (χ2v) is 6.21. The lowest BCUT2D eigenvalue weighted by molar-refractivity contribution is 0.278. The van der Waals surface area contributed by atoms with Crippen molar-refractivity contribution >= 4 is 23.2 Å². The maximum atomic E-state index is 9.51. The molecule has 0 bridgehead atoms. The van der Waals surface area contributed by atoms with E-state index in [1.54, 1.807) is 16.8 Å². The summed E-state index contributed by atoms with van der Waals surface area (Å²) in [6.07, 6.45) is 0. The Labute approximate surface area is 122 Å². The quantitative estimate of drug-likeness (QED) is 0.911. The first kappa shape index (κ1) is 14.4. The van der Waals surface area contributed by atoms with E-state index in [0.29, 0.717) is 15.7 Å². The molecule has 0 aliphatic carbocycles.